The number of rotatable bonds is 4. The van der Waals surface area contributed by atoms with Gasteiger partial charge in [0.25, 0.3) is 0 Å². The largest absolute Gasteiger partial charge is 0.368 e. The Morgan fingerprint density at radius 1 is 0.853 bits per heavy atom. The van der Waals surface area contributed by atoms with Crippen molar-refractivity contribution >= 4 is 16.9 Å². The molecule has 0 N–H and O–H groups in total. The topological polar surface area (TPSA) is 58.0 Å². The smallest absolute Gasteiger partial charge is 0.182 e. The normalized spacial score (nSPS) is 14.2. The average Bonchev–Trinajstić information content (AvgIpc) is 2.72. The van der Waals surface area contributed by atoms with Crippen molar-refractivity contribution in [2.45, 2.75) is 19.9 Å². The van der Waals surface area contributed by atoms with Crippen LogP contribution in [0.3, 0.4) is 0 Å². The second-order valence-corrected chi connectivity index (χ2v) is 8.81. The van der Waals surface area contributed by atoms with E-state index in [2.05, 4.69) is 29.7 Å². The Morgan fingerprint density at radius 3 is 2.29 bits per heavy atom. The summed E-state index contributed by atoms with van der Waals surface area (Å²) in [6, 6.07) is 8.30. The van der Waals surface area contributed by atoms with Crippen molar-refractivity contribution in [2.24, 2.45) is 0 Å². The first-order valence-corrected chi connectivity index (χ1v) is 10.9. The van der Waals surface area contributed by atoms with Gasteiger partial charge in [-0.3, -0.25) is 0 Å². The predicted octanol–water partition coefficient (Wildman–Crippen LogP) is 4.54. The van der Waals surface area contributed by atoms with Crippen LogP contribution in [0.25, 0.3) is 33.8 Å². The third-order valence-electron chi connectivity index (χ3n) is 6.23. The molecule has 9 heteroatoms. The van der Waals surface area contributed by atoms with Crippen molar-refractivity contribution in [1.82, 2.24) is 24.8 Å². The molecule has 5 rings (SSSR count). The molecule has 1 saturated heterocycles. The number of hydrogen-bond acceptors (Lipinski definition) is 6. The Balaban J connectivity index is 1.67. The molecule has 0 saturated carbocycles. The number of aryl methyl sites for hydroxylation is 2. The van der Waals surface area contributed by atoms with Gasteiger partial charge < -0.3 is 9.80 Å². The third kappa shape index (κ3) is 3.96. The lowest BCUT2D eigenvalue weighted by Crippen LogP contribution is -2.57. The van der Waals surface area contributed by atoms with E-state index in [-0.39, 0.29) is 22.7 Å². The Hall–Kier alpha value is -3.59. The van der Waals surface area contributed by atoms with E-state index in [9.17, 15) is 13.2 Å². The zero-order valence-electron chi connectivity index (χ0n) is 19.3. The van der Waals surface area contributed by atoms with Crippen molar-refractivity contribution in [3.05, 3.63) is 65.2 Å². The summed E-state index contributed by atoms with van der Waals surface area (Å²) >= 11 is 0. The molecular formula is C25H23F3N6. The lowest BCUT2D eigenvalue weighted by atomic mass is 10.0. The van der Waals surface area contributed by atoms with Gasteiger partial charge in [0.05, 0.1) is 11.4 Å². The number of anilines is 1. The van der Waals surface area contributed by atoms with E-state index in [1.54, 1.807) is 13.8 Å². The summed E-state index contributed by atoms with van der Waals surface area (Å²) in [5.74, 6) is -1.71. The molecule has 174 valence electrons. The zero-order valence-corrected chi connectivity index (χ0v) is 19.3. The lowest BCUT2D eigenvalue weighted by Gasteiger charge is -2.44. The molecule has 1 aliphatic heterocycles. The maximum atomic E-state index is 14.7. The highest BCUT2D eigenvalue weighted by atomic mass is 19.1. The van der Waals surface area contributed by atoms with Gasteiger partial charge in [0.1, 0.15) is 28.7 Å². The number of aromatic nitrogens is 4. The number of hydrogen-bond donors (Lipinski definition) is 0. The fourth-order valence-corrected chi connectivity index (χ4v) is 3.99. The van der Waals surface area contributed by atoms with Gasteiger partial charge in [0.15, 0.2) is 11.5 Å². The van der Waals surface area contributed by atoms with E-state index in [4.69, 9.17) is 0 Å². The molecule has 0 radical (unpaired) electrons. The minimum absolute atomic E-state index is 0.0702. The van der Waals surface area contributed by atoms with Crippen molar-refractivity contribution < 1.29 is 13.2 Å². The van der Waals surface area contributed by atoms with Crippen molar-refractivity contribution in [3.63, 3.8) is 0 Å². The molecule has 2 aromatic heterocycles. The maximum Gasteiger partial charge on any atom is 0.182 e. The summed E-state index contributed by atoms with van der Waals surface area (Å²) < 4.78 is 42.9. The molecule has 0 unspecified atom stereocenters. The zero-order chi connectivity index (χ0) is 24.1. The van der Waals surface area contributed by atoms with Crippen LogP contribution in [0, 0.1) is 31.3 Å². The quantitative estimate of drug-likeness (QED) is 0.442. The molecule has 2 aromatic carbocycles. The fourth-order valence-electron chi connectivity index (χ4n) is 3.99. The Kier molecular flexibility index (Phi) is 5.44. The number of halogens is 3. The van der Waals surface area contributed by atoms with E-state index < -0.39 is 17.5 Å². The van der Waals surface area contributed by atoms with Gasteiger partial charge in [-0.25, -0.2) is 33.1 Å². The number of fused-ring (bicyclic) bond motifs is 1. The van der Waals surface area contributed by atoms with E-state index in [0.29, 0.717) is 28.5 Å². The molecule has 0 atom stereocenters. The molecule has 34 heavy (non-hydrogen) atoms. The monoisotopic (exact) mass is 464 g/mol. The molecule has 1 aliphatic rings. The van der Waals surface area contributed by atoms with Gasteiger partial charge in [0, 0.05) is 42.0 Å². The van der Waals surface area contributed by atoms with Crippen LogP contribution in [0.1, 0.15) is 11.4 Å². The fraction of sp³-hybridized carbons (Fsp3) is 0.280. The second kappa shape index (κ2) is 8.32. The Morgan fingerprint density at radius 2 is 1.59 bits per heavy atom. The van der Waals surface area contributed by atoms with Crippen LogP contribution in [0.2, 0.25) is 0 Å². The predicted molar refractivity (Wildman–Crippen MR) is 125 cm³/mol. The van der Waals surface area contributed by atoms with E-state index >= 15 is 0 Å². The molecule has 3 heterocycles. The lowest BCUT2D eigenvalue weighted by molar-refractivity contribution is 0.247. The molecular weight excluding hydrogens is 441 g/mol. The van der Waals surface area contributed by atoms with Crippen LogP contribution in [0.5, 0.6) is 0 Å². The molecule has 1 fully saturated rings. The van der Waals surface area contributed by atoms with Crippen LogP contribution >= 0.6 is 0 Å². The number of benzene rings is 2. The van der Waals surface area contributed by atoms with Crippen molar-refractivity contribution in [1.29, 1.82) is 0 Å². The summed E-state index contributed by atoms with van der Waals surface area (Å²) in [5.41, 5.74) is 3.27. The van der Waals surface area contributed by atoms with Crippen molar-refractivity contribution in [2.75, 3.05) is 32.1 Å². The van der Waals surface area contributed by atoms with E-state index in [0.717, 1.165) is 30.9 Å². The summed E-state index contributed by atoms with van der Waals surface area (Å²) in [6.07, 6.45) is 0. The van der Waals surface area contributed by atoms with Crippen LogP contribution in [0.4, 0.5) is 18.9 Å². The highest BCUT2D eigenvalue weighted by molar-refractivity contribution is 5.89. The van der Waals surface area contributed by atoms with Gasteiger partial charge in [-0.2, -0.15) is 0 Å². The maximum absolute atomic E-state index is 14.7. The molecule has 6 nitrogen and oxygen atoms in total. The minimum Gasteiger partial charge on any atom is -0.368 e. The van der Waals surface area contributed by atoms with Crippen LogP contribution < -0.4 is 4.90 Å². The summed E-state index contributed by atoms with van der Waals surface area (Å²) in [7, 11) is 4.03. The van der Waals surface area contributed by atoms with Gasteiger partial charge in [-0.1, -0.05) is 0 Å². The summed E-state index contributed by atoms with van der Waals surface area (Å²) in [6.45, 7) is 5.15. The summed E-state index contributed by atoms with van der Waals surface area (Å²) in [4.78, 5) is 22.3. The standard InChI is InChI=1S/C25H23F3N6/c1-13-14(2)30-25-23(29-13)22(20-6-5-16(26)10-21(20)28)31-24(32-25)15-7-17(27)9-18(8-15)34-11-19(12-34)33(3)4/h5-10,19H,11-12H2,1-4H3. The molecule has 0 spiro atoms. The highest BCUT2D eigenvalue weighted by Gasteiger charge is 2.29. The minimum atomic E-state index is -0.777. The first-order valence-electron chi connectivity index (χ1n) is 10.9. The Labute approximate surface area is 195 Å². The van der Waals surface area contributed by atoms with Gasteiger partial charge in [-0.05, 0) is 58.3 Å². The van der Waals surface area contributed by atoms with Crippen LogP contribution in [0.15, 0.2) is 36.4 Å². The second-order valence-electron chi connectivity index (χ2n) is 8.81. The summed E-state index contributed by atoms with van der Waals surface area (Å²) in [5, 5.41) is 0. The first-order chi connectivity index (χ1) is 16.2. The first kappa shape index (κ1) is 22.2. The molecule has 0 aliphatic carbocycles. The average molecular weight is 464 g/mol. The highest BCUT2D eigenvalue weighted by Crippen LogP contribution is 2.32. The third-order valence-corrected chi connectivity index (χ3v) is 6.23. The van der Waals surface area contributed by atoms with Crippen LogP contribution in [-0.4, -0.2) is 58.1 Å². The van der Waals surface area contributed by atoms with Gasteiger partial charge in [-0.15, -0.1) is 0 Å². The van der Waals surface area contributed by atoms with E-state index in [1.165, 1.54) is 18.2 Å². The number of nitrogens with zero attached hydrogens (tertiary/aromatic N) is 6. The SMILES string of the molecule is Cc1nc2nc(-c3cc(F)cc(N4CC(N(C)C)C4)c3)nc(-c3ccc(F)cc3F)c2nc1C. The Bertz CT molecular complexity index is 1420. The molecule has 4 aromatic rings. The molecule has 0 amide bonds. The van der Waals surface area contributed by atoms with E-state index in [1.807, 2.05) is 20.2 Å². The van der Waals surface area contributed by atoms with Gasteiger partial charge in [0.2, 0.25) is 0 Å². The van der Waals surface area contributed by atoms with Crippen molar-refractivity contribution in [3.8, 4) is 22.6 Å². The molecule has 0 bridgehead atoms. The van der Waals surface area contributed by atoms with Crippen LogP contribution in [-0.2, 0) is 0 Å². The number of likely N-dealkylation sites (N-methyl/N-ethyl adjacent to an activating group) is 1. The van der Waals surface area contributed by atoms with Gasteiger partial charge >= 0.3 is 0 Å².